The molecule has 0 atom stereocenters. The lowest BCUT2D eigenvalue weighted by Gasteiger charge is -2.20. The predicted molar refractivity (Wildman–Crippen MR) is 46.6 cm³/mol. The van der Waals surface area contributed by atoms with Gasteiger partial charge in [0.1, 0.15) is 0 Å². The van der Waals surface area contributed by atoms with E-state index in [2.05, 4.69) is 4.74 Å². The second-order valence-electron chi connectivity index (χ2n) is 2.71. The molecular formula is C7H16F3N3O. The second kappa shape index (κ2) is 6.99. The molecule has 0 aromatic heterocycles. The van der Waals surface area contributed by atoms with Gasteiger partial charge in [0.05, 0.1) is 6.61 Å². The Bertz CT molecular complexity index is 137. The molecule has 0 saturated carbocycles. The van der Waals surface area contributed by atoms with E-state index in [0.717, 1.165) is 0 Å². The first-order valence-corrected chi connectivity index (χ1v) is 4.32. The van der Waals surface area contributed by atoms with Crippen LogP contribution in [-0.4, -0.2) is 50.6 Å². The number of halogens is 3. The van der Waals surface area contributed by atoms with Gasteiger partial charge in [0.15, 0.2) is 0 Å². The lowest BCUT2D eigenvalue weighted by atomic mass is 10.4. The van der Waals surface area contributed by atoms with Crippen LogP contribution in [0.2, 0.25) is 0 Å². The van der Waals surface area contributed by atoms with Crippen LogP contribution in [0.4, 0.5) is 13.2 Å². The second-order valence-corrected chi connectivity index (χ2v) is 2.71. The third kappa shape index (κ3) is 8.24. The third-order valence-corrected chi connectivity index (χ3v) is 1.56. The number of hydrogen-bond acceptors (Lipinski definition) is 4. The maximum absolute atomic E-state index is 11.6. The quantitative estimate of drug-likeness (QED) is 0.614. The SMILES string of the molecule is NCCN(CCN)CCOC(F)(F)F. The molecule has 0 aliphatic heterocycles. The predicted octanol–water partition coefficient (Wildman–Crippen LogP) is -0.258. The van der Waals surface area contributed by atoms with E-state index in [4.69, 9.17) is 11.5 Å². The van der Waals surface area contributed by atoms with Gasteiger partial charge in [-0.1, -0.05) is 0 Å². The van der Waals surface area contributed by atoms with E-state index in [0.29, 0.717) is 26.2 Å². The van der Waals surface area contributed by atoms with Crippen LogP contribution in [0.5, 0.6) is 0 Å². The molecule has 0 bridgehead atoms. The zero-order valence-corrected chi connectivity index (χ0v) is 7.89. The molecule has 0 aliphatic rings. The molecule has 0 unspecified atom stereocenters. The third-order valence-electron chi connectivity index (χ3n) is 1.56. The van der Waals surface area contributed by atoms with E-state index in [-0.39, 0.29) is 13.2 Å². The van der Waals surface area contributed by atoms with E-state index < -0.39 is 6.36 Å². The fourth-order valence-corrected chi connectivity index (χ4v) is 0.991. The summed E-state index contributed by atoms with van der Waals surface area (Å²) in [6.45, 7) is 1.65. The van der Waals surface area contributed by atoms with Gasteiger partial charge < -0.3 is 11.5 Å². The summed E-state index contributed by atoms with van der Waals surface area (Å²) < 4.78 is 38.4. The number of nitrogens with zero attached hydrogens (tertiary/aromatic N) is 1. The maximum atomic E-state index is 11.6. The van der Waals surface area contributed by atoms with Gasteiger partial charge in [-0.05, 0) is 0 Å². The highest BCUT2D eigenvalue weighted by molar-refractivity contribution is 4.58. The Kier molecular flexibility index (Phi) is 6.81. The van der Waals surface area contributed by atoms with Crippen LogP contribution in [0.1, 0.15) is 0 Å². The van der Waals surface area contributed by atoms with Gasteiger partial charge in [0, 0.05) is 32.7 Å². The van der Waals surface area contributed by atoms with Gasteiger partial charge in [0.2, 0.25) is 0 Å². The van der Waals surface area contributed by atoms with Crippen LogP contribution in [0.25, 0.3) is 0 Å². The van der Waals surface area contributed by atoms with Gasteiger partial charge >= 0.3 is 6.36 Å². The fraction of sp³-hybridized carbons (Fsp3) is 1.00. The monoisotopic (exact) mass is 215 g/mol. The standard InChI is InChI=1S/C7H16F3N3O/c8-7(9,10)14-6-5-13(3-1-11)4-2-12/h1-6,11-12H2. The first kappa shape index (κ1) is 13.6. The van der Waals surface area contributed by atoms with Crippen molar-refractivity contribution in [2.24, 2.45) is 11.5 Å². The van der Waals surface area contributed by atoms with E-state index in [9.17, 15) is 13.2 Å². The molecule has 0 aromatic carbocycles. The zero-order valence-electron chi connectivity index (χ0n) is 7.89. The van der Waals surface area contributed by atoms with Crippen LogP contribution in [0, 0.1) is 0 Å². The summed E-state index contributed by atoms with van der Waals surface area (Å²) in [4.78, 5) is 1.73. The van der Waals surface area contributed by atoms with Gasteiger partial charge in [0.25, 0.3) is 0 Å². The Balaban J connectivity index is 3.60. The van der Waals surface area contributed by atoms with Crippen LogP contribution < -0.4 is 11.5 Å². The Morgan fingerprint density at radius 2 is 1.50 bits per heavy atom. The molecule has 0 radical (unpaired) electrons. The molecule has 0 aromatic rings. The first-order chi connectivity index (χ1) is 6.49. The van der Waals surface area contributed by atoms with E-state index in [1.54, 1.807) is 4.90 Å². The lowest BCUT2D eigenvalue weighted by molar-refractivity contribution is -0.325. The highest BCUT2D eigenvalue weighted by Gasteiger charge is 2.28. The summed E-state index contributed by atoms with van der Waals surface area (Å²) in [7, 11) is 0. The molecule has 4 N–H and O–H groups in total. The molecule has 0 heterocycles. The summed E-state index contributed by atoms with van der Waals surface area (Å²) >= 11 is 0. The van der Waals surface area contributed by atoms with Crippen molar-refractivity contribution < 1.29 is 17.9 Å². The Morgan fingerprint density at radius 1 is 1.00 bits per heavy atom. The molecule has 14 heavy (non-hydrogen) atoms. The Labute approximate surface area is 81.0 Å². The van der Waals surface area contributed by atoms with Crippen molar-refractivity contribution in [2.45, 2.75) is 6.36 Å². The maximum Gasteiger partial charge on any atom is 0.522 e. The fourth-order valence-electron chi connectivity index (χ4n) is 0.991. The Hall–Kier alpha value is -0.370. The largest absolute Gasteiger partial charge is 0.522 e. The van der Waals surface area contributed by atoms with Crippen LogP contribution in [-0.2, 0) is 4.74 Å². The molecule has 0 saturated heterocycles. The van der Waals surface area contributed by atoms with Gasteiger partial charge in [-0.2, -0.15) is 0 Å². The summed E-state index contributed by atoms with van der Waals surface area (Å²) in [5.41, 5.74) is 10.5. The van der Waals surface area contributed by atoms with Gasteiger partial charge in [-0.15, -0.1) is 13.2 Å². The highest BCUT2D eigenvalue weighted by Crippen LogP contribution is 2.15. The normalized spacial score (nSPS) is 12.4. The minimum absolute atomic E-state index is 0.188. The molecule has 0 spiro atoms. The van der Waals surface area contributed by atoms with Crippen molar-refractivity contribution in [1.29, 1.82) is 0 Å². The van der Waals surface area contributed by atoms with Crippen LogP contribution >= 0.6 is 0 Å². The topological polar surface area (TPSA) is 64.5 Å². The molecule has 86 valence electrons. The highest BCUT2D eigenvalue weighted by atomic mass is 19.4. The first-order valence-electron chi connectivity index (χ1n) is 4.32. The summed E-state index contributed by atoms with van der Waals surface area (Å²) in [6.07, 6.45) is -4.56. The molecule has 7 heteroatoms. The molecular weight excluding hydrogens is 199 g/mol. The van der Waals surface area contributed by atoms with Crippen LogP contribution in [0.15, 0.2) is 0 Å². The van der Waals surface area contributed by atoms with Crippen molar-refractivity contribution in [1.82, 2.24) is 4.90 Å². The van der Waals surface area contributed by atoms with Crippen LogP contribution in [0.3, 0.4) is 0 Å². The molecule has 0 amide bonds. The number of ether oxygens (including phenoxy) is 1. The van der Waals surface area contributed by atoms with E-state index in [1.165, 1.54) is 0 Å². The average molecular weight is 215 g/mol. The summed E-state index contributed by atoms with van der Waals surface area (Å²) in [5.74, 6) is 0. The number of nitrogens with two attached hydrogens (primary N) is 2. The Morgan fingerprint density at radius 3 is 1.86 bits per heavy atom. The summed E-state index contributed by atoms with van der Waals surface area (Å²) in [6, 6.07) is 0. The average Bonchev–Trinajstić information content (AvgIpc) is 2.02. The van der Waals surface area contributed by atoms with Crippen molar-refractivity contribution >= 4 is 0 Å². The van der Waals surface area contributed by atoms with Crippen molar-refractivity contribution in [3.8, 4) is 0 Å². The number of hydrogen-bond donors (Lipinski definition) is 2. The van der Waals surface area contributed by atoms with Gasteiger partial charge in [-0.3, -0.25) is 9.64 Å². The van der Waals surface area contributed by atoms with Gasteiger partial charge in [-0.25, -0.2) is 0 Å². The molecule has 0 rings (SSSR count). The zero-order chi connectivity index (χ0) is 11.0. The van der Waals surface area contributed by atoms with Crippen molar-refractivity contribution in [3.05, 3.63) is 0 Å². The van der Waals surface area contributed by atoms with E-state index in [1.807, 2.05) is 0 Å². The molecule has 0 fully saturated rings. The minimum atomic E-state index is -4.56. The van der Waals surface area contributed by atoms with Crippen molar-refractivity contribution in [3.63, 3.8) is 0 Å². The molecule has 0 aliphatic carbocycles. The minimum Gasteiger partial charge on any atom is -0.329 e. The molecule has 4 nitrogen and oxygen atoms in total. The lowest BCUT2D eigenvalue weighted by Crippen LogP contribution is -2.37. The summed E-state index contributed by atoms with van der Waals surface area (Å²) in [5, 5.41) is 0. The number of rotatable bonds is 7. The van der Waals surface area contributed by atoms with Crippen molar-refractivity contribution in [2.75, 3.05) is 39.3 Å². The van der Waals surface area contributed by atoms with E-state index >= 15 is 0 Å². The number of alkyl halides is 3. The smallest absolute Gasteiger partial charge is 0.329 e.